The van der Waals surface area contributed by atoms with Crippen molar-refractivity contribution in [1.82, 2.24) is 0 Å². The fraction of sp³-hybridized carbons (Fsp3) is 0.424. The molecule has 0 saturated heterocycles. The smallest absolute Gasteiger partial charge is 0.303 e. The summed E-state index contributed by atoms with van der Waals surface area (Å²) >= 11 is 0. The summed E-state index contributed by atoms with van der Waals surface area (Å²) in [5.74, 6) is 2.07. The van der Waals surface area contributed by atoms with E-state index in [1.807, 2.05) is 30.3 Å². The molecule has 4 nitrogen and oxygen atoms in total. The van der Waals surface area contributed by atoms with Gasteiger partial charge in [0.05, 0.1) is 13.5 Å². The quantitative estimate of drug-likeness (QED) is 0.285. The third-order valence-corrected chi connectivity index (χ3v) is 8.07. The number of hydrogen-bond acceptors (Lipinski definition) is 3. The van der Waals surface area contributed by atoms with Crippen molar-refractivity contribution in [3.8, 4) is 22.6 Å². The van der Waals surface area contributed by atoms with Gasteiger partial charge in [0.1, 0.15) is 18.1 Å². The van der Waals surface area contributed by atoms with Gasteiger partial charge in [0.15, 0.2) is 0 Å². The molecule has 0 radical (unpaired) electrons. The predicted molar refractivity (Wildman–Crippen MR) is 147 cm³/mol. The minimum absolute atomic E-state index is 0.0741. The van der Waals surface area contributed by atoms with Crippen molar-refractivity contribution in [2.45, 2.75) is 76.2 Å². The first-order valence-corrected chi connectivity index (χ1v) is 13.8. The summed E-state index contributed by atoms with van der Waals surface area (Å²) in [5.41, 5.74) is 6.15. The molecule has 2 saturated carbocycles. The summed E-state index contributed by atoms with van der Waals surface area (Å²) in [6.45, 7) is 0.495. The first-order chi connectivity index (χ1) is 18.1. The molecule has 0 spiro atoms. The van der Waals surface area contributed by atoms with Gasteiger partial charge in [-0.1, -0.05) is 68.1 Å². The number of carboxylic acid groups (broad SMARTS) is 1. The second kappa shape index (κ2) is 11.9. The predicted octanol–water partition coefficient (Wildman–Crippen LogP) is 8.35. The molecule has 0 bridgehead atoms. The van der Waals surface area contributed by atoms with E-state index >= 15 is 0 Å². The Morgan fingerprint density at radius 3 is 2.38 bits per heavy atom. The van der Waals surface area contributed by atoms with E-state index in [0.717, 1.165) is 29.9 Å². The first kappa shape index (κ1) is 25.4. The van der Waals surface area contributed by atoms with Crippen molar-refractivity contribution in [3.05, 3.63) is 83.4 Å². The maximum atomic E-state index is 11.4. The number of hydrogen-bond donors (Lipinski definition) is 1. The number of aliphatic carboxylic acids is 1. The van der Waals surface area contributed by atoms with Crippen LogP contribution in [-0.2, 0) is 11.4 Å². The Morgan fingerprint density at radius 2 is 1.65 bits per heavy atom. The summed E-state index contributed by atoms with van der Waals surface area (Å²) in [7, 11) is 1.72. The Kier molecular flexibility index (Phi) is 8.13. The van der Waals surface area contributed by atoms with Crippen LogP contribution >= 0.6 is 0 Å². The average molecular weight is 499 g/mol. The van der Waals surface area contributed by atoms with E-state index in [2.05, 4.69) is 36.4 Å². The van der Waals surface area contributed by atoms with Gasteiger partial charge < -0.3 is 14.6 Å². The lowest BCUT2D eigenvalue weighted by Gasteiger charge is -2.21. The Morgan fingerprint density at radius 1 is 0.892 bits per heavy atom. The van der Waals surface area contributed by atoms with E-state index < -0.39 is 5.97 Å². The summed E-state index contributed by atoms with van der Waals surface area (Å²) in [6.07, 6.45) is 10.1. The molecule has 1 N–H and O–H groups in total. The van der Waals surface area contributed by atoms with Crippen molar-refractivity contribution >= 4 is 5.97 Å². The fourth-order valence-electron chi connectivity index (χ4n) is 5.93. The SMILES string of the molecule is COc1cccc(-c2ccc(COc3cccc([C@H](CC(=O)O)C4CC4)c3)cc2C2CCCCCC2)c1. The second-order valence-corrected chi connectivity index (χ2v) is 10.7. The van der Waals surface area contributed by atoms with Crippen LogP contribution in [-0.4, -0.2) is 18.2 Å². The van der Waals surface area contributed by atoms with Gasteiger partial charge in [-0.05, 0) is 95.5 Å². The molecule has 37 heavy (non-hydrogen) atoms. The molecule has 194 valence electrons. The number of benzene rings is 3. The Bertz CT molecular complexity index is 1200. The largest absolute Gasteiger partial charge is 0.497 e. The van der Waals surface area contributed by atoms with Gasteiger partial charge in [-0.3, -0.25) is 4.79 Å². The highest BCUT2D eigenvalue weighted by Gasteiger charge is 2.33. The molecule has 3 aromatic rings. The average Bonchev–Trinajstić information content (AvgIpc) is 3.78. The molecule has 3 aromatic carbocycles. The molecule has 0 aliphatic heterocycles. The van der Waals surface area contributed by atoms with E-state index in [0.29, 0.717) is 18.4 Å². The molecule has 0 aromatic heterocycles. The molecule has 1 atom stereocenters. The molecule has 2 aliphatic rings. The van der Waals surface area contributed by atoms with E-state index in [4.69, 9.17) is 9.47 Å². The highest BCUT2D eigenvalue weighted by atomic mass is 16.5. The third-order valence-electron chi connectivity index (χ3n) is 8.07. The molecule has 4 heteroatoms. The van der Waals surface area contributed by atoms with Crippen LogP contribution in [0, 0.1) is 5.92 Å². The lowest BCUT2D eigenvalue weighted by Crippen LogP contribution is -2.08. The van der Waals surface area contributed by atoms with Gasteiger partial charge in [-0.15, -0.1) is 0 Å². The molecular formula is C33H38O4. The van der Waals surface area contributed by atoms with E-state index in [-0.39, 0.29) is 12.3 Å². The van der Waals surface area contributed by atoms with Gasteiger partial charge in [-0.2, -0.15) is 0 Å². The van der Waals surface area contributed by atoms with Gasteiger partial charge >= 0.3 is 5.97 Å². The third kappa shape index (κ3) is 6.54. The first-order valence-electron chi connectivity index (χ1n) is 13.8. The van der Waals surface area contributed by atoms with Gasteiger partial charge in [0, 0.05) is 0 Å². The van der Waals surface area contributed by atoms with Crippen LogP contribution in [0.5, 0.6) is 11.5 Å². The number of ether oxygens (including phenoxy) is 2. The molecular weight excluding hydrogens is 460 g/mol. The second-order valence-electron chi connectivity index (χ2n) is 10.7. The highest BCUT2D eigenvalue weighted by Crippen LogP contribution is 2.45. The van der Waals surface area contributed by atoms with Gasteiger partial charge in [-0.25, -0.2) is 0 Å². The fourth-order valence-corrected chi connectivity index (χ4v) is 5.93. The molecule has 0 unspecified atom stereocenters. The maximum absolute atomic E-state index is 11.4. The van der Waals surface area contributed by atoms with E-state index in [1.165, 1.54) is 60.8 Å². The number of rotatable bonds is 10. The zero-order chi connectivity index (χ0) is 25.6. The monoisotopic (exact) mass is 498 g/mol. The number of carbonyl (C=O) groups is 1. The standard InChI is InChI=1S/C33H38O4/c1-36-28-12-6-10-26(19-28)30-17-14-23(18-32(30)24-8-4-2-3-5-9-24)22-37-29-13-7-11-27(20-29)31(21-33(34)35)25-15-16-25/h6-7,10-14,17-20,24-25,31H,2-5,8-9,15-16,21-22H2,1H3,(H,34,35)/t31-/m1/s1. The Balaban J connectivity index is 1.38. The topological polar surface area (TPSA) is 55.8 Å². The van der Waals surface area contributed by atoms with Crippen LogP contribution in [0.3, 0.4) is 0 Å². The van der Waals surface area contributed by atoms with Crippen LogP contribution in [0.25, 0.3) is 11.1 Å². The zero-order valence-corrected chi connectivity index (χ0v) is 21.8. The lowest BCUT2D eigenvalue weighted by molar-refractivity contribution is -0.137. The number of carboxylic acids is 1. The van der Waals surface area contributed by atoms with Gasteiger partial charge in [0.25, 0.3) is 0 Å². The molecule has 2 aliphatic carbocycles. The molecule has 0 amide bonds. The van der Waals surface area contributed by atoms with Crippen molar-refractivity contribution < 1.29 is 19.4 Å². The Hall–Kier alpha value is -3.27. The lowest BCUT2D eigenvalue weighted by atomic mass is 9.85. The van der Waals surface area contributed by atoms with Crippen LogP contribution in [0.4, 0.5) is 0 Å². The molecule has 0 heterocycles. The maximum Gasteiger partial charge on any atom is 0.303 e. The number of methoxy groups -OCH3 is 1. The summed E-state index contributed by atoms with van der Waals surface area (Å²) in [4.78, 5) is 11.4. The van der Waals surface area contributed by atoms with Crippen molar-refractivity contribution in [3.63, 3.8) is 0 Å². The van der Waals surface area contributed by atoms with Crippen molar-refractivity contribution in [1.29, 1.82) is 0 Å². The van der Waals surface area contributed by atoms with E-state index in [9.17, 15) is 9.90 Å². The van der Waals surface area contributed by atoms with Crippen LogP contribution in [0.1, 0.15) is 86.3 Å². The van der Waals surface area contributed by atoms with Crippen LogP contribution in [0.2, 0.25) is 0 Å². The summed E-state index contributed by atoms with van der Waals surface area (Å²) in [5, 5.41) is 9.39. The minimum atomic E-state index is -0.731. The van der Waals surface area contributed by atoms with Gasteiger partial charge in [0.2, 0.25) is 0 Å². The van der Waals surface area contributed by atoms with Crippen molar-refractivity contribution in [2.75, 3.05) is 7.11 Å². The van der Waals surface area contributed by atoms with Crippen molar-refractivity contribution in [2.24, 2.45) is 5.92 Å². The summed E-state index contributed by atoms with van der Waals surface area (Å²) in [6, 6.07) is 23.2. The zero-order valence-electron chi connectivity index (χ0n) is 21.8. The summed E-state index contributed by atoms with van der Waals surface area (Å²) < 4.78 is 11.8. The highest BCUT2D eigenvalue weighted by molar-refractivity contribution is 5.70. The Labute approximate surface area is 220 Å². The molecule has 5 rings (SSSR count). The van der Waals surface area contributed by atoms with Crippen LogP contribution < -0.4 is 9.47 Å². The minimum Gasteiger partial charge on any atom is -0.497 e. The molecule has 2 fully saturated rings. The van der Waals surface area contributed by atoms with E-state index in [1.54, 1.807) is 7.11 Å². The normalized spacial score (nSPS) is 17.1. The van der Waals surface area contributed by atoms with Crippen LogP contribution in [0.15, 0.2) is 66.7 Å².